The van der Waals surface area contributed by atoms with Crippen LogP contribution in [0.5, 0.6) is 0 Å². The number of nitrogens with zero attached hydrogens (tertiary/aromatic N) is 5. The van der Waals surface area contributed by atoms with Gasteiger partial charge in [0.1, 0.15) is 11.8 Å². The number of hydrogen-bond donors (Lipinski definition) is 3. The monoisotopic (exact) mass is 539 g/mol. The van der Waals surface area contributed by atoms with E-state index in [1.165, 1.54) is 0 Å². The van der Waals surface area contributed by atoms with Crippen LogP contribution < -0.4 is 10.6 Å². The first-order valence-electron chi connectivity index (χ1n) is 13.4. The van der Waals surface area contributed by atoms with E-state index in [-0.39, 0.29) is 36.9 Å². The van der Waals surface area contributed by atoms with Crippen molar-refractivity contribution in [1.29, 1.82) is 0 Å². The highest BCUT2D eigenvalue weighted by Crippen LogP contribution is 2.36. The molecule has 2 aromatic heterocycles. The lowest BCUT2D eigenvalue weighted by Crippen LogP contribution is -2.30. The summed E-state index contributed by atoms with van der Waals surface area (Å²) < 4.78 is 5.74. The van der Waals surface area contributed by atoms with E-state index in [1.54, 1.807) is 13.1 Å². The number of carbonyl (C=O) groups excluding carboxylic acids is 2. The number of aryl methyl sites for hydroxylation is 1. The smallest absolute Gasteiger partial charge is 0.407 e. The van der Waals surface area contributed by atoms with Crippen molar-refractivity contribution in [3.8, 4) is 11.5 Å². The lowest BCUT2D eigenvalue weighted by Gasteiger charge is -2.26. The summed E-state index contributed by atoms with van der Waals surface area (Å²) >= 11 is 0. The predicted octanol–water partition coefficient (Wildman–Crippen LogP) is 4.19. The number of anilines is 1. The number of hydrogen-bond acceptors (Lipinski definition) is 9. The first kappa shape index (κ1) is 29.6. The van der Waals surface area contributed by atoms with Crippen LogP contribution in [-0.2, 0) is 14.3 Å². The average Bonchev–Trinajstić information content (AvgIpc) is 2.86. The summed E-state index contributed by atoms with van der Waals surface area (Å²) in [5, 5.41) is 30.7. The Labute approximate surface area is 228 Å². The third-order valence-electron chi connectivity index (χ3n) is 6.29. The van der Waals surface area contributed by atoms with Crippen molar-refractivity contribution in [2.75, 3.05) is 11.9 Å². The number of allylic oxidation sites excluding steroid dienone is 1. The molecule has 1 aliphatic rings. The van der Waals surface area contributed by atoms with Crippen molar-refractivity contribution >= 4 is 23.7 Å². The molecule has 2 amide bonds. The highest BCUT2D eigenvalue weighted by molar-refractivity contribution is 5.91. The number of carboxylic acid groups (broad SMARTS) is 1. The molecule has 210 valence electrons. The van der Waals surface area contributed by atoms with Crippen molar-refractivity contribution in [3.63, 3.8) is 0 Å². The van der Waals surface area contributed by atoms with Gasteiger partial charge in [-0.05, 0) is 75.0 Å². The van der Waals surface area contributed by atoms with Crippen molar-refractivity contribution < 1.29 is 24.2 Å². The molecule has 12 nitrogen and oxygen atoms in total. The molecular formula is C27H37N7O5. The minimum absolute atomic E-state index is 0.0676. The van der Waals surface area contributed by atoms with Crippen molar-refractivity contribution in [2.24, 2.45) is 5.92 Å². The molecule has 39 heavy (non-hydrogen) atoms. The van der Waals surface area contributed by atoms with Gasteiger partial charge >= 0.3 is 12.1 Å². The number of amides is 2. The molecular weight excluding hydrogens is 502 g/mol. The van der Waals surface area contributed by atoms with Gasteiger partial charge in [0.2, 0.25) is 11.7 Å². The number of alkyl carbamates (subject to hydrolysis) is 1. The Morgan fingerprint density at radius 3 is 2.64 bits per heavy atom. The van der Waals surface area contributed by atoms with Gasteiger partial charge < -0.3 is 20.5 Å². The van der Waals surface area contributed by atoms with Gasteiger partial charge in [-0.2, -0.15) is 0 Å². The Hall–Kier alpha value is -3.96. The van der Waals surface area contributed by atoms with Gasteiger partial charge in [0.15, 0.2) is 5.82 Å². The zero-order chi connectivity index (χ0) is 28.2. The second kappa shape index (κ2) is 14.8. The van der Waals surface area contributed by atoms with E-state index >= 15 is 0 Å². The number of carboxylic acids is 1. The maximum Gasteiger partial charge on any atom is 0.407 e. The van der Waals surface area contributed by atoms with Crippen LogP contribution in [0.15, 0.2) is 24.4 Å². The fourth-order valence-corrected chi connectivity index (χ4v) is 4.25. The summed E-state index contributed by atoms with van der Waals surface area (Å²) in [6, 6.07) is 1.82. The summed E-state index contributed by atoms with van der Waals surface area (Å²) in [6.45, 7) is 6.41. The number of aromatic nitrogens is 5. The predicted molar refractivity (Wildman–Crippen MR) is 144 cm³/mol. The van der Waals surface area contributed by atoms with E-state index in [9.17, 15) is 14.4 Å². The average molecular weight is 540 g/mol. The molecule has 2 aromatic rings. The fraction of sp³-hybridized carbons (Fsp3) is 0.556. The molecule has 12 heteroatoms. The number of pyridine rings is 1. The van der Waals surface area contributed by atoms with E-state index in [4.69, 9.17) is 9.84 Å². The second-order valence-corrected chi connectivity index (χ2v) is 10.1. The summed E-state index contributed by atoms with van der Waals surface area (Å²) in [4.78, 5) is 40.4. The first-order chi connectivity index (χ1) is 18.7. The summed E-state index contributed by atoms with van der Waals surface area (Å²) in [5.74, 6) is -0.169. The lowest BCUT2D eigenvalue weighted by molar-refractivity contribution is -0.137. The van der Waals surface area contributed by atoms with Crippen LogP contribution in [0.4, 0.5) is 10.5 Å². The number of aliphatic carboxylic acids is 1. The molecule has 0 aromatic carbocycles. The van der Waals surface area contributed by atoms with Crippen LogP contribution in [0.3, 0.4) is 0 Å². The summed E-state index contributed by atoms with van der Waals surface area (Å²) in [7, 11) is 0. The molecule has 0 saturated carbocycles. The van der Waals surface area contributed by atoms with Crippen LogP contribution in [0, 0.1) is 12.8 Å². The van der Waals surface area contributed by atoms with Crippen molar-refractivity contribution in [3.05, 3.63) is 35.8 Å². The van der Waals surface area contributed by atoms with Gasteiger partial charge in [-0.3, -0.25) is 14.6 Å². The SMILES string of the molecule is Cc1nnc(-c2cc(C3CCC/C=C/C(OC(=O)NCCC(C)C)C3)c(NC(=O)CCCC(=O)O)cn2)nn1. The molecule has 2 unspecified atom stereocenters. The molecule has 1 aliphatic carbocycles. The molecule has 3 rings (SSSR count). The van der Waals surface area contributed by atoms with Gasteiger partial charge in [0, 0.05) is 19.4 Å². The van der Waals surface area contributed by atoms with Crippen molar-refractivity contribution in [2.45, 2.75) is 84.2 Å². The van der Waals surface area contributed by atoms with Gasteiger partial charge in [-0.15, -0.1) is 20.4 Å². The molecule has 0 bridgehead atoms. The van der Waals surface area contributed by atoms with E-state index in [1.807, 2.05) is 18.2 Å². The Balaban J connectivity index is 1.84. The lowest BCUT2D eigenvalue weighted by atomic mass is 9.86. The van der Waals surface area contributed by atoms with Gasteiger partial charge in [-0.1, -0.05) is 19.9 Å². The Bertz CT molecular complexity index is 1150. The molecule has 2 heterocycles. The summed E-state index contributed by atoms with van der Waals surface area (Å²) in [6.07, 6.45) is 8.67. The van der Waals surface area contributed by atoms with E-state index in [0.29, 0.717) is 36.1 Å². The zero-order valence-electron chi connectivity index (χ0n) is 22.7. The third kappa shape index (κ3) is 10.0. The van der Waals surface area contributed by atoms with E-state index in [2.05, 4.69) is 49.9 Å². The van der Waals surface area contributed by atoms with Crippen LogP contribution >= 0.6 is 0 Å². The van der Waals surface area contributed by atoms with Crippen LogP contribution in [0.1, 0.15) is 82.5 Å². The first-order valence-corrected chi connectivity index (χ1v) is 13.4. The summed E-state index contributed by atoms with van der Waals surface area (Å²) in [5.41, 5.74) is 1.78. The molecule has 0 fully saturated rings. The van der Waals surface area contributed by atoms with Crippen molar-refractivity contribution in [1.82, 2.24) is 30.7 Å². The number of rotatable bonds is 11. The molecule has 3 N–H and O–H groups in total. The normalized spacial score (nSPS) is 18.1. The van der Waals surface area contributed by atoms with E-state index < -0.39 is 18.2 Å². The quantitative estimate of drug-likeness (QED) is 0.352. The maximum atomic E-state index is 12.6. The zero-order valence-corrected chi connectivity index (χ0v) is 22.7. The maximum absolute atomic E-state index is 12.6. The largest absolute Gasteiger partial charge is 0.481 e. The highest BCUT2D eigenvalue weighted by Gasteiger charge is 2.25. The molecule has 2 atom stereocenters. The topological polar surface area (TPSA) is 169 Å². The Morgan fingerprint density at radius 2 is 1.92 bits per heavy atom. The van der Waals surface area contributed by atoms with Gasteiger partial charge in [0.25, 0.3) is 0 Å². The minimum atomic E-state index is -0.948. The van der Waals surface area contributed by atoms with Gasteiger partial charge in [-0.25, -0.2) is 4.79 Å². The number of nitrogens with one attached hydrogen (secondary N) is 2. The van der Waals surface area contributed by atoms with Gasteiger partial charge in [0.05, 0.1) is 11.9 Å². The molecule has 0 aliphatic heterocycles. The third-order valence-corrected chi connectivity index (χ3v) is 6.29. The minimum Gasteiger partial charge on any atom is -0.481 e. The van der Waals surface area contributed by atoms with Crippen LogP contribution in [0.2, 0.25) is 0 Å². The van der Waals surface area contributed by atoms with E-state index in [0.717, 1.165) is 31.2 Å². The Kier molecular flexibility index (Phi) is 11.3. The standard InChI is InChI=1S/C27H37N7O5/c1-17(2)12-13-28-27(38)39-20-9-6-4-5-8-19(14-20)21-15-22(26-33-31-18(3)32-34-26)29-16-23(21)30-24(35)10-7-11-25(36)37/h6,9,15-17,19-20H,4-5,7-8,10-14H2,1-3H3,(H,28,38)(H,30,35)(H,36,37)/b9-6+. The number of ether oxygens (including phenoxy) is 1. The van der Waals surface area contributed by atoms with Crippen LogP contribution in [0.25, 0.3) is 11.5 Å². The highest BCUT2D eigenvalue weighted by atomic mass is 16.6. The molecule has 0 spiro atoms. The second-order valence-electron chi connectivity index (χ2n) is 10.1. The Morgan fingerprint density at radius 1 is 1.15 bits per heavy atom. The number of carbonyl (C=O) groups is 3. The van der Waals surface area contributed by atoms with Crippen LogP contribution in [-0.4, -0.2) is 61.1 Å². The molecule has 0 radical (unpaired) electrons. The molecule has 0 saturated heterocycles. The fourth-order valence-electron chi connectivity index (χ4n) is 4.25.